The molecule has 6 nitrogen and oxygen atoms in total. The Hall–Kier alpha value is -2.09. The summed E-state index contributed by atoms with van der Waals surface area (Å²) in [6.07, 6.45) is 0.911. The molecule has 1 aliphatic heterocycles. The lowest BCUT2D eigenvalue weighted by atomic mass is 10.1. The van der Waals surface area contributed by atoms with Crippen LogP contribution in [0.5, 0.6) is 11.5 Å². The summed E-state index contributed by atoms with van der Waals surface area (Å²) >= 11 is 1.74. The molecule has 1 atom stereocenters. The summed E-state index contributed by atoms with van der Waals surface area (Å²) in [5, 5.41) is 5.19. The van der Waals surface area contributed by atoms with E-state index in [4.69, 9.17) is 9.47 Å². The molecule has 0 radical (unpaired) electrons. The van der Waals surface area contributed by atoms with Gasteiger partial charge in [-0.1, -0.05) is 6.07 Å². The Bertz CT molecular complexity index is 817. The Morgan fingerprint density at radius 1 is 1.17 bits per heavy atom. The van der Waals surface area contributed by atoms with Gasteiger partial charge in [0.15, 0.2) is 17.5 Å². The van der Waals surface area contributed by atoms with Crippen LogP contribution < -0.4 is 24.6 Å². The van der Waals surface area contributed by atoms with Gasteiger partial charge in [0.05, 0.1) is 14.2 Å². The van der Waals surface area contributed by atoms with E-state index in [0.29, 0.717) is 6.54 Å². The number of carbonyl (C=O) groups excluding carboxylic acids is 1. The number of amides is 1. The SMILES string of the molecule is COc1cc(C)c(C[NH+]2CC[NH+]([C@@H](C)C(=O)NCCc3cccs3)CC2)cc1OC. The Balaban J connectivity index is 1.46. The number of thiophene rings is 1. The van der Waals surface area contributed by atoms with Gasteiger partial charge in [-0.2, -0.15) is 0 Å². The van der Waals surface area contributed by atoms with Crippen molar-refractivity contribution in [1.82, 2.24) is 5.32 Å². The summed E-state index contributed by atoms with van der Waals surface area (Å²) < 4.78 is 10.9. The molecule has 1 saturated heterocycles. The quantitative estimate of drug-likeness (QED) is 0.526. The summed E-state index contributed by atoms with van der Waals surface area (Å²) in [5.41, 5.74) is 2.53. The highest BCUT2D eigenvalue weighted by Gasteiger charge is 2.31. The molecule has 3 rings (SSSR count). The van der Waals surface area contributed by atoms with Crippen molar-refractivity contribution in [3.63, 3.8) is 0 Å². The first-order valence-electron chi connectivity index (χ1n) is 10.7. The van der Waals surface area contributed by atoms with Crippen molar-refractivity contribution >= 4 is 17.2 Å². The summed E-state index contributed by atoms with van der Waals surface area (Å²) in [4.78, 5) is 16.8. The molecule has 2 heterocycles. The smallest absolute Gasteiger partial charge is 0.278 e. The molecule has 2 aromatic rings. The Morgan fingerprint density at radius 2 is 1.87 bits per heavy atom. The maximum absolute atomic E-state index is 12.6. The monoisotopic (exact) mass is 433 g/mol. The van der Waals surface area contributed by atoms with E-state index in [9.17, 15) is 4.79 Å². The fourth-order valence-corrected chi connectivity index (χ4v) is 4.83. The minimum Gasteiger partial charge on any atom is -0.493 e. The zero-order valence-electron chi connectivity index (χ0n) is 18.5. The first-order valence-corrected chi connectivity index (χ1v) is 11.6. The fraction of sp³-hybridized carbons (Fsp3) is 0.522. The van der Waals surface area contributed by atoms with Crippen LogP contribution in [0.3, 0.4) is 0 Å². The van der Waals surface area contributed by atoms with Gasteiger partial charge in [-0.15, -0.1) is 11.3 Å². The van der Waals surface area contributed by atoms with E-state index in [2.05, 4.69) is 48.8 Å². The third-order valence-corrected chi connectivity index (χ3v) is 7.07. The van der Waals surface area contributed by atoms with Gasteiger partial charge in [0, 0.05) is 17.0 Å². The first-order chi connectivity index (χ1) is 14.5. The number of methoxy groups -OCH3 is 2. The van der Waals surface area contributed by atoms with Crippen molar-refractivity contribution < 1.29 is 24.1 Å². The summed E-state index contributed by atoms with van der Waals surface area (Å²) in [5.74, 6) is 1.73. The number of hydrogen-bond acceptors (Lipinski definition) is 4. The lowest BCUT2D eigenvalue weighted by Crippen LogP contribution is -3.29. The predicted octanol–water partition coefficient (Wildman–Crippen LogP) is 0.105. The van der Waals surface area contributed by atoms with E-state index in [-0.39, 0.29) is 11.9 Å². The average Bonchev–Trinajstić information content (AvgIpc) is 3.28. The molecule has 7 heteroatoms. The van der Waals surface area contributed by atoms with Crippen molar-refractivity contribution in [1.29, 1.82) is 0 Å². The van der Waals surface area contributed by atoms with Crippen molar-refractivity contribution in [2.45, 2.75) is 32.9 Å². The van der Waals surface area contributed by atoms with Crippen LogP contribution in [0.1, 0.15) is 22.9 Å². The minimum absolute atomic E-state index is 0.00213. The molecular formula is C23H35N3O3S+2. The van der Waals surface area contributed by atoms with Gasteiger partial charge < -0.3 is 24.6 Å². The third-order valence-electron chi connectivity index (χ3n) is 6.14. The molecule has 1 aromatic heterocycles. The topological polar surface area (TPSA) is 56.4 Å². The molecular weight excluding hydrogens is 398 g/mol. The second-order valence-corrected chi connectivity index (χ2v) is 9.09. The van der Waals surface area contributed by atoms with E-state index in [1.807, 2.05) is 0 Å². The van der Waals surface area contributed by atoms with Crippen LogP contribution in [0, 0.1) is 6.92 Å². The van der Waals surface area contributed by atoms with Crippen LogP contribution in [-0.2, 0) is 17.8 Å². The normalized spacial score (nSPS) is 19.9. The Kier molecular flexibility index (Phi) is 8.13. The van der Waals surface area contributed by atoms with Crippen molar-refractivity contribution in [3.8, 4) is 11.5 Å². The van der Waals surface area contributed by atoms with E-state index >= 15 is 0 Å². The number of benzene rings is 1. The number of rotatable bonds is 9. The van der Waals surface area contributed by atoms with Crippen molar-refractivity contribution in [3.05, 3.63) is 45.6 Å². The number of quaternary nitrogens is 2. The molecule has 0 spiro atoms. The number of ether oxygens (including phenoxy) is 2. The number of aryl methyl sites for hydroxylation is 1. The van der Waals surface area contributed by atoms with Crippen LogP contribution in [0.25, 0.3) is 0 Å². The lowest BCUT2D eigenvalue weighted by molar-refractivity contribution is -1.02. The molecule has 1 aliphatic rings. The molecule has 0 saturated carbocycles. The number of hydrogen-bond donors (Lipinski definition) is 3. The number of piperazine rings is 1. The molecule has 0 aliphatic carbocycles. The highest BCUT2D eigenvalue weighted by Crippen LogP contribution is 2.29. The van der Waals surface area contributed by atoms with Gasteiger partial charge >= 0.3 is 0 Å². The van der Waals surface area contributed by atoms with E-state index in [1.54, 1.807) is 30.5 Å². The summed E-state index contributed by atoms with van der Waals surface area (Å²) in [6, 6.07) is 8.33. The molecule has 3 N–H and O–H groups in total. The van der Waals surface area contributed by atoms with Gasteiger partial charge in [-0.25, -0.2) is 0 Å². The maximum atomic E-state index is 12.6. The zero-order valence-corrected chi connectivity index (χ0v) is 19.4. The van der Waals surface area contributed by atoms with Gasteiger partial charge in [0.25, 0.3) is 5.91 Å². The number of nitrogens with one attached hydrogen (secondary N) is 3. The summed E-state index contributed by atoms with van der Waals surface area (Å²) in [7, 11) is 3.35. The van der Waals surface area contributed by atoms with Crippen LogP contribution in [0.4, 0.5) is 0 Å². The van der Waals surface area contributed by atoms with E-state index < -0.39 is 0 Å². The van der Waals surface area contributed by atoms with E-state index in [0.717, 1.165) is 50.6 Å². The fourth-order valence-electron chi connectivity index (χ4n) is 4.12. The average molecular weight is 434 g/mol. The van der Waals surface area contributed by atoms with Gasteiger partial charge in [-0.05, 0) is 49.4 Å². The summed E-state index contributed by atoms with van der Waals surface area (Å²) in [6.45, 7) is 10.0. The van der Waals surface area contributed by atoms with Gasteiger partial charge in [0.2, 0.25) is 0 Å². The molecule has 30 heavy (non-hydrogen) atoms. The van der Waals surface area contributed by atoms with Crippen molar-refractivity contribution in [2.75, 3.05) is 46.9 Å². The molecule has 0 unspecified atom stereocenters. The molecule has 1 aromatic carbocycles. The van der Waals surface area contributed by atoms with E-state index in [1.165, 1.54) is 20.9 Å². The molecule has 1 fully saturated rings. The first kappa shape index (κ1) is 22.6. The molecule has 1 amide bonds. The molecule has 164 valence electrons. The molecule has 0 bridgehead atoms. The third kappa shape index (κ3) is 5.74. The zero-order chi connectivity index (χ0) is 21.5. The van der Waals surface area contributed by atoms with Crippen molar-refractivity contribution in [2.24, 2.45) is 0 Å². The van der Waals surface area contributed by atoms with Gasteiger partial charge in [0.1, 0.15) is 32.7 Å². The number of carbonyl (C=O) groups is 1. The largest absolute Gasteiger partial charge is 0.493 e. The standard InChI is InChI=1S/C23H33N3O3S/c1-17-14-21(28-3)22(29-4)15-19(17)16-25-9-11-26(12-10-25)18(2)23(27)24-8-7-20-6-5-13-30-20/h5-6,13-15,18H,7-12,16H2,1-4H3,(H,24,27)/p+2/t18-/m0/s1. The second kappa shape index (κ2) is 10.8. The highest BCUT2D eigenvalue weighted by atomic mass is 32.1. The Labute approximate surface area is 183 Å². The minimum atomic E-state index is -0.00213. The highest BCUT2D eigenvalue weighted by molar-refractivity contribution is 7.09. The van der Waals surface area contributed by atoms with Crippen LogP contribution in [-0.4, -0.2) is 58.9 Å². The van der Waals surface area contributed by atoms with Gasteiger partial charge in [-0.3, -0.25) is 4.79 Å². The maximum Gasteiger partial charge on any atom is 0.278 e. The lowest BCUT2D eigenvalue weighted by Gasteiger charge is -2.33. The van der Waals surface area contributed by atoms with Crippen LogP contribution >= 0.6 is 11.3 Å². The van der Waals surface area contributed by atoms with Crippen LogP contribution in [0.15, 0.2) is 29.6 Å². The second-order valence-electron chi connectivity index (χ2n) is 8.06. The predicted molar refractivity (Wildman–Crippen MR) is 120 cm³/mol. The Morgan fingerprint density at radius 3 is 2.50 bits per heavy atom. The van der Waals surface area contributed by atoms with Crippen LogP contribution in [0.2, 0.25) is 0 Å².